The molecule has 1 aliphatic heterocycles. The second kappa shape index (κ2) is 10.1. The maximum atomic E-state index is 12.7. The number of piperidine rings is 1. The third kappa shape index (κ3) is 6.17. The lowest BCUT2D eigenvalue weighted by molar-refractivity contribution is 0.0720. The Labute approximate surface area is 175 Å². The molecule has 1 atom stereocenters. The van der Waals surface area contributed by atoms with Crippen LogP contribution >= 0.6 is 0 Å². The van der Waals surface area contributed by atoms with Crippen molar-refractivity contribution in [3.05, 3.63) is 52.9 Å². The van der Waals surface area contributed by atoms with Crippen LogP contribution in [0.2, 0.25) is 0 Å². The summed E-state index contributed by atoms with van der Waals surface area (Å²) in [4.78, 5) is 17.1. The largest absolute Gasteiger partial charge is 0.361 e. The molecule has 1 aromatic carbocycles. The standard InChI is InChI=1S/C24H35N3O2/c1-18(2)14-22-15-23(25-29-22)24(28)26(4)16-20-9-7-12-27(17-20)13-11-21-10-6-5-8-19(21)3/h5-6,8,10,15,18,20H,7,9,11-14,16-17H2,1-4H3. The van der Waals surface area contributed by atoms with Gasteiger partial charge in [-0.25, -0.2) is 0 Å². The molecule has 5 heteroatoms. The highest BCUT2D eigenvalue weighted by Crippen LogP contribution is 2.19. The molecule has 1 amide bonds. The van der Waals surface area contributed by atoms with Crippen LogP contribution in [0.1, 0.15) is 54.1 Å². The van der Waals surface area contributed by atoms with Crippen molar-refractivity contribution in [3.8, 4) is 0 Å². The highest BCUT2D eigenvalue weighted by atomic mass is 16.5. The highest BCUT2D eigenvalue weighted by molar-refractivity contribution is 5.92. The van der Waals surface area contributed by atoms with Crippen LogP contribution in [0.25, 0.3) is 0 Å². The van der Waals surface area contributed by atoms with Crippen LogP contribution in [-0.4, -0.2) is 54.1 Å². The fourth-order valence-corrected chi connectivity index (χ4v) is 4.25. The number of nitrogens with zero attached hydrogens (tertiary/aromatic N) is 3. The summed E-state index contributed by atoms with van der Waals surface area (Å²) in [5.41, 5.74) is 3.23. The smallest absolute Gasteiger partial charge is 0.275 e. The maximum absolute atomic E-state index is 12.7. The summed E-state index contributed by atoms with van der Waals surface area (Å²) >= 11 is 0. The topological polar surface area (TPSA) is 49.6 Å². The summed E-state index contributed by atoms with van der Waals surface area (Å²) < 4.78 is 5.33. The zero-order valence-corrected chi connectivity index (χ0v) is 18.4. The zero-order chi connectivity index (χ0) is 20.8. The van der Waals surface area contributed by atoms with Crippen molar-refractivity contribution in [2.45, 2.75) is 46.5 Å². The lowest BCUT2D eigenvalue weighted by Gasteiger charge is -2.34. The third-order valence-electron chi connectivity index (χ3n) is 5.83. The Balaban J connectivity index is 1.49. The molecule has 0 spiro atoms. The fraction of sp³-hybridized carbons (Fsp3) is 0.583. The van der Waals surface area contributed by atoms with E-state index in [0.29, 0.717) is 17.5 Å². The van der Waals surface area contributed by atoms with Crippen LogP contribution in [0.4, 0.5) is 0 Å². The molecule has 2 heterocycles. The Kier molecular flexibility index (Phi) is 7.48. The molecule has 2 aromatic rings. The van der Waals surface area contributed by atoms with Crippen LogP contribution in [0.5, 0.6) is 0 Å². The van der Waals surface area contributed by atoms with E-state index in [1.165, 1.54) is 24.0 Å². The van der Waals surface area contributed by atoms with Crippen LogP contribution in [0.15, 0.2) is 34.9 Å². The first-order chi connectivity index (χ1) is 13.9. The summed E-state index contributed by atoms with van der Waals surface area (Å²) in [5, 5.41) is 3.99. The first-order valence-corrected chi connectivity index (χ1v) is 10.9. The van der Waals surface area contributed by atoms with Crippen molar-refractivity contribution in [2.75, 3.05) is 33.2 Å². The van der Waals surface area contributed by atoms with Gasteiger partial charge in [0.2, 0.25) is 0 Å². The quantitative estimate of drug-likeness (QED) is 0.670. The van der Waals surface area contributed by atoms with Gasteiger partial charge in [0.15, 0.2) is 5.69 Å². The van der Waals surface area contributed by atoms with E-state index in [-0.39, 0.29) is 5.91 Å². The van der Waals surface area contributed by atoms with Gasteiger partial charge in [-0.05, 0) is 55.7 Å². The molecule has 5 nitrogen and oxygen atoms in total. The predicted octanol–water partition coefficient (Wildman–Crippen LogP) is 4.21. The highest BCUT2D eigenvalue weighted by Gasteiger charge is 2.24. The minimum absolute atomic E-state index is 0.0409. The predicted molar refractivity (Wildman–Crippen MR) is 116 cm³/mol. The van der Waals surface area contributed by atoms with E-state index < -0.39 is 0 Å². The number of hydrogen-bond donors (Lipinski definition) is 0. The summed E-state index contributed by atoms with van der Waals surface area (Å²) in [6.45, 7) is 10.5. The molecule has 1 fully saturated rings. The van der Waals surface area contributed by atoms with E-state index >= 15 is 0 Å². The van der Waals surface area contributed by atoms with Gasteiger partial charge in [-0.15, -0.1) is 0 Å². The van der Waals surface area contributed by atoms with Crippen LogP contribution in [0.3, 0.4) is 0 Å². The normalized spacial score (nSPS) is 17.6. The molecular formula is C24H35N3O2. The molecule has 0 saturated carbocycles. The molecule has 29 heavy (non-hydrogen) atoms. The van der Waals surface area contributed by atoms with Crippen LogP contribution < -0.4 is 0 Å². The van der Waals surface area contributed by atoms with E-state index in [2.05, 4.69) is 55.1 Å². The number of aryl methyl sites for hydroxylation is 1. The van der Waals surface area contributed by atoms with E-state index in [9.17, 15) is 4.79 Å². The Morgan fingerprint density at radius 3 is 2.90 bits per heavy atom. The van der Waals surface area contributed by atoms with Gasteiger partial charge in [0.1, 0.15) is 5.76 Å². The minimum atomic E-state index is -0.0409. The molecule has 1 saturated heterocycles. The summed E-state index contributed by atoms with van der Waals surface area (Å²) in [6.07, 6.45) is 4.27. The maximum Gasteiger partial charge on any atom is 0.275 e. The van der Waals surface area contributed by atoms with Crippen molar-refractivity contribution in [1.82, 2.24) is 15.0 Å². The lowest BCUT2D eigenvalue weighted by Crippen LogP contribution is -2.42. The summed E-state index contributed by atoms with van der Waals surface area (Å²) in [7, 11) is 1.88. The van der Waals surface area contributed by atoms with Crippen molar-refractivity contribution in [2.24, 2.45) is 11.8 Å². The van der Waals surface area contributed by atoms with Gasteiger partial charge in [0.25, 0.3) is 5.91 Å². The average molecular weight is 398 g/mol. The molecule has 1 aliphatic rings. The molecule has 1 aromatic heterocycles. The van der Waals surface area contributed by atoms with Crippen molar-refractivity contribution >= 4 is 5.91 Å². The van der Waals surface area contributed by atoms with E-state index in [1.54, 1.807) is 6.07 Å². The number of benzene rings is 1. The number of carbonyl (C=O) groups is 1. The number of rotatable bonds is 8. The van der Waals surface area contributed by atoms with Crippen molar-refractivity contribution in [1.29, 1.82) is 0 Å². The van der Waals surface area contributed by atoms with Gasteiger partial charge in [-0.2, -0.15) is 0 Å². The van der Waals surface area contributed by atoms with Crippen LogP contribution in [-0.2, 0) is 12.8 Å². The molecule has 1 unspecified atom stereocenters. The number of hydrogen-bond acceptors (Lipinski definition) is 4. The van der Waals surface area contributed by atoms with Gasteiger partial charge in [0, 0.05) is 39.2 Å². The zero-order valence-electron chi connectivity index (χ0n) is 18.4. The Hall–Kier alpha value is -2.14. The monoisotopic (exact) mass is 397 g/mol. The molecule has 0 bridgehead atoms. The number of carbonyl (C=O) groups excluding carboxylic acids is 1. The van der Waals surface area contributed by atoms with Crippen molar-refractivity contribution in [3.63, 3.8) is 0 Å². The number of amides is 1. The van der Waals surface area contributed by atoms with Crippen molar-refractivity contribution < 1.29 is 9.32 Å². The second-order valence-electron chi connectivity index (χ2n) is 8.95. The average Bonchev–Trinajstić information content (AvgIpc) is 3.14. The van der Waals surface area contributed by atoms with E-state index in [0.717, 1.165) is 44.8 Å². The van der Waals surface area contributed by atoms with Gasteiger partial charge < -0.3 is 14.3 Å². The molecule has 0 aliphatic carbocycles. The SMILES string of the molecule is Cc1ccccc1CCN1CCCC(CN(C)C(=O)c2cc(CC(C)C)on2)C1. The Bertz CT molecular complexity index is 799. The van der Waals surface area contributed by atoms with Crippen LogP contribution in [0, 0.1) is 18.8 Å². The van der Waals surface area contributed by atoms with Gasteiger partial charge in [-0.1, -0.05) is 43.3 Å². The van der Waals surface area contributed by atoms with E-state index in [1.807, 2.05) is 11.9 Å². The fourth-order valence-electron chi connectivity index (χ4n) is 4.25. The van der Waals surface area contributed by atoms with Gasteiger partial charge in [-0.3, -0.25) is 4.79 Å². The first kappa shape index (κ1) is 21.6. The molecular weight excluding hydrogens is 362 g/mol. The number of aromatic nitrogens is 1. The summed E-state index contributed by atoms with van der Waals surface area (Å²) in [5.74, 6) is 1.74. The first-order valence-electron chi connectivity index (χ1n) is 10.9. The Morgan fingerprint density at radius 1 is 1.34 bits per heavy atom. The van der Waals surface area contributed by atoms with Gasteiger partial charge in [0.05, 0.1) is 0 Å². The Morgan fingerprint density at radius 2 is 2.14 bits per heavy atom. The lowest BCUT2D eigenvalue weighted by atomic mass is 9.96. The molecule has 158 valence electrons. The second-order valence-corrected chi connectivity index (χ2v) is 8.95. The summed E-state index contributed by atoms with van der Waals surface area (Å²) in [6, 6.07) is 10.4. The minimum Gasteiger partial charge on any atom is -0.361 e. The molecule has 3 rings (SSSR count). The van der Waals surface area contributed by atoms with Gasteiger partial charge >= 0.3 is 0 Å². The third-order valence-corrected chi connectivity index (χ3v) is 5.83. The molecule has 0 radical (unpaired) electrons. The number of likely N-dealkylation sites (tertiary alicyclic amines) is 1. The van der Waals surface area contributed by atoms with E-state index in [4.69, 9.17) is 4.52 Å². The molecule has 0 N–H and O–H groups in total.